The average molecular weight is 295 g/mol. The van der Waals surface area contributed by atoms with Crippen LogP contribution in [0.4, 0.5) is 10.5 Å². The molecule has 22 heavy (non-hydrogen) atoms. The fourth-order valence-corrected chi connectivity index (χ4v) is 2.17. The lowest BCUT2D eigenvalue weighted by Crippen LogP contribution is -2.10. The van der Waals surface area contributed by atoms with Crippen LogP contribution in [0.3, 0.4) is 0 Å². The van der Waals surface area contributed by atoms with Gasteiger partial charge in [0.2, 0.25) is 0 Å². The lowest BCUT2D eigenvalue weighted by molar-refractivity contribution is 0.187. The third-order valence-electron chi connectivity index (χ3n) is 3.27. The Bertz CT molecular complexity index is 881. The molecule has 2 aromatic carbocycles. The molecule has 1 amide bonds. The Morgan fingerprint density at radius 1 is 1.09 bits per heavy atom. The number of anilines is 1. The molecular formula is C17H13NO4. The van der Waals surface area contributed by atoms with E-state index in [1.807, 2.05) is 18.2 Å². The van der Waals surface area contributed by atoms with Gasteiger partial charge in [-0.15, -0.1) is 0 Å². The van der Waals surface area contributed by atoms with Crippen molar-refractivity contribution >= 4 is 22.7 Å². The Balaban J connectivity index is 1.99. The molecule has 0 aliphatic heterocycles. The summed E-state index contributed by atoms with van der Waals surface area (Å²) in [4.78, 5) is 23.2. The maximum Gasteiger partial charge on any atom is 0.411 e. The number of fused-ring (bicyclic) bond motifs is 1. The van der Waals surface area contributed by atoms with E-state index in [0.29, 0.717) is 16.8 Å². The van der Waals surface area contributed by atoms with Crippen molar-refractivity contribution in [2.75, 3.05) is 12.4 Å². The predicted molar refractivity (Wildman–Crippen MR) is 83.9 cm³/mol. The van der Waals surface area contributed by atoms with Gasteiger partial charge in [-0.2, -0.15) is 0 Å². The van der Waals surface area contributed by atoms with Crippen molar-refractivity contribution in [3.63, 3.8) is 0 Å². The van der Waals surface area contributed by atoms with E-state index < -0.39 is 11.7 Å². The molecule has 0 saturated carbocycles. The quantitative estimate of drug-likeness (QED) is 0.733. The van der Waals surface area contributed by atoms with Crippen LogP contribution in [0.2, 0.25) is 0 Å². The summed E-state index contributed by atoms with van der Waals surface area (Å²) in [6, 6.07) is 16.0. The second kappa shape index (κ2) is 5.73. The summed E-state index contributed by atoms with van der Waals surface area (Å²) < 4.78 is 9.84. The maximum atomic E-state index is 12.1. The van der Waals surface area contributed by atoms with Gasteiger partial charge in [0.25, 0.3) is 0 Å². The van der Waals surface area contributed by atoms with Crippen LogP contribution in [-0.2, 0) is 4.74 Å². The first-order valence-electron chi connectivity index (χ1n) is 6.65. The number of carbonyl (C=O) groups is 1. The van der Waals surface area contributed by atoms with E-state index in [9.17, 15) is 9.59 Å². The van der Waals surface area contributed by atoms with Crippen LogP contribution in [0.1, 0.15) is 0 Å². The van der Waals surface area contributed by atoms with Gasteiger partial charge >= 0.3 is 11.7 Å². The molecule has 3 rings (SSSR count). The van der Waals surface area contributed by atoms with Gasteiger partial charge in [-0.1, -0.05) is 30.3 Å². The molecule has 0 atom stereocenters. The van der Waals surface area contributed by atoms with E-state index in [0.717, 1.165) is 10.9 Å². The van der Waals surface area contributed by atoms with Crippen LogP contribution in [-0.4, -0.2) is 13.2 Å². The SMILES string of the molecule is COC(=O)Nc1ccc(-c2cc3ccccc3oc2=O)cc1. The number of ether oxygens (including phenoxy) is 1. The molecule has 1 heterocycles. The summed E-state index contributed by atoms with van der Waals surface area (Å²) in [5.41, 5.74) is 1.94. The molecule has 3 aromatic rings. The van der Waals surface area contributed by atoms with Crippen LogP contribution < -0.4 is 10.9 Å². The number of hydrogen-bond acceptors (Lipinski definition) is 4. The highest BCUT2D eigenvalue weighted by atomic mass is 16.5. The minimum absolute atomic E-state index is 0.396. The topological polar surface area (TPSA) is 68.5 Å². The van der Waals surface area contributed by atoms with Crippen molar-refractivity contribution in [2.45, 2.75) is 0 Å². The summed E-state index contributed by atoms with van der Waals surface area (Å²) in [6.45, 7) is 0. The van der Waals surface area contributed by atoms with Gasteiger partial charge in [0.1, 0.15) is 5.58 Å². The van der Waals surface area contributed by atoms with E-state index in [-0.39, 0.29) is 0 Å². The van der Waals surface area contributed by atoms with Crippen molar-refractivity contribution in [3.05, 3.63) is 65.0 Å². The molecule has 0 unspecified atom stereocenters. The Morgan fingerprint density at radius 2 is 1.82 bits per heavy atom. The van der Waals surface area contributed by atoms with Gasteiger partial charge in [0, 0.05) is 11.1 Å². The van der Waals surface area contributed by atoms with Gasteiger partial charge < -0.3 is 9.15 Å². The molecule has 0 spiro atoms. The fourth-order valence-electron chi connectivity index (χ4n) is 2.17. The number of nitrogens with one attached hydrogen (secondary N) is 1. The molecule has 0 radical (unpaired) electrons. The summed E-state index contributed by atoms with van der Waals surface area (Å²) in [5.74, 6) is 0. The van der Waals surface area contributed by atoms with Gasteiger partial charge in [-0.3, -0.25) is 5.32 Å². The highest BCUT2D eigenvalue weighted by Crippen LogP contribution is 2.22. The number of para-hydroxylation sites is 1. The zero-order chi connectivity index (χ0) is 15.5. The van der Waals surface area contributed by atoms with Crippen LogP contribution in [0.5, 0.6) is 0 Å². The molecule has 0 saturated heterocycles. The van der Waals surface area contributed by atoms with Crippen molar-refractivity contribution in [1.82, 2.24) is 0 Å². The first-order valence-corrected chi connectivity index (χ1v) is 6.65. The van der Waals surface area contributed by atoms with E-state index in [1.165, 1.54) is 7.11 Å². The second-order valence-corrected chi connectivity index (χ2v) is 4.68. The molecule has 0 bridgehead atoms. The Hall–Kier alpha value is -3.08. The average Bonchev–Trinajstić information content (AvgIpc) is 2.55. The van der Waals surface area contributed by atoms with E-state index >= 15 is 0 Å². The number of hydrogen-bond donors (Lipinski definition) is 1. The minimum atomic E-state index is -0.544. The third kappa shape index (κ3) is 2.69. The molecule has 0 fully saturated rings. The largest absolute Gasteiger partial charge is 0.453 e. The zero-order valence-electron chi connectivity index (χ0n) is 11.8. The summed E-state index contributed by atoms with van der Waals surface area (Å²) in [7, 11) is 1.30. The zero-order valence-corrected chi connectivity index (χ0v) is 11.8. The standard InChI is InChI=1S/C17H13NO4/c1-21-17(20)18-13-8-6-11(7-9-13)14-10-12-4-2-3-5-15(12)22-16(14)19/h2-10H,1H3,(H,18,20). The Morgan fingerprint density at radius 3 is 2.55 bits per heavy atom. The first kappa shape index (κ1) is 13.9. The highest BCUT2D eigenvalue weighted by molar-refractivity contribution is 5.85. The summed E-state index contributed by atoms with van der Waals surface area (Å²) in [5, 5.41) is 3.41. The van der Waals surface area contributed by atoms with Gasteiger partial charge in [0.15, 0.2) is 0 Å². The third-order valence-corrected chi connectivity index (χ3v) is 3.27. The first-order chi connectivity index (χ1) is 10.7. The van der Waals surface area contributed by atoms with E-state index in [1.54, 1.807) is 36.4 Å². The van der Waals surface area contributed by atoms with Gasteiger partial charge in [-0.25, -0.2) is 9.59 Å². The van der Waals surface area contributed by atoms with Crippen molar-refractivity contribution in [2.24, 2.45) is 0 Å². The van der Waals surface area contributed by atoms with Crippen LogP contribution >= 0.6 is 0 Å². The van der Waals surface area contributed by atoms with Crippen molar-refractivity contribution in [1.29, 1.82) is 0 Å². The number of carbonyl (C=O) groups excluding carboxylic acids is 1. The highest BCUT2D eigenvalue weighted by Gasteiger charge is 2.08. The number of methoxy groups -OCH3 is 1. The van der Waals surface area contributed by atoms with Crippen molar-refractivity contribution in [3.8, 4) is 11.1 Å². The molecule has 0 aliphatic carbocycles. The number of rotatable bonds is 2. The molecule has 1 aromatic heterocycles. The van der Waals surface area contributed by atoms with Gasteiger partial charge in [0.05, 0.1) is 12.7 Å². The lowest BCUT2D eigenvalue weighted by atomic mass is 10.1. The molecular weight excluding hydrogens is 282 g/mol. The van der Waals surface area contributed by atoms with Gasteiger partial charge in [-0.05, 0) is 29.8 Å². The molecule has 110 valence electrons. The van der Waals surface area contributed by atoms with Crippen LogP contribution in [0, 0.1) is 0 Å². The number of amides is 1. The second-order valence-electron chi connectivity index (χ2n) is 4.68. The Labute approximate surface area is 126 Å². The molecule has 5 heteroatoms. The predicted octanol–water partition coefficient (Wildman–Crippen LogP) is 3.64. The minimum Gasteiger partial charge on any atom is -0.453 e. The molecule has 0 aliphatic rings. The van der Waals surface area contributed by atoms with Crippen LogP contribution in [0.15, 0.2) is 63.8 Å². The molecule has 5 nitrogen and oxygen atoms in total. The smallest absolute Gasteiger partial charge is 0.411 e. The summed E-state index contributed by atoms with van der Waals surface area (Å²) >= 11 is 0. The number of benzene rings is 2. The van der Waals surface area contributed by atoms with Crippen molar-refractivity contribution < 1.29 is 13.9 Å². The fraction of sp³-hybridized carbons (Fsp3) is 0.0588. The normalized spacial score (nSPS) is 10.4. The summed E-state index contributed by atoms with van der Waals surface area (Å²) in [6.07, 6.45) is -0.544. The Kier molecular flexibility index (Phi) is 3.62. The van der Waals surface area contributed by atoms with E-state index in [2.05, 4.69) is 10.1 Å². The lowest BCUT2D eigenvalue weighted by Gasteiger charge is -2.05. The molecule has 1 N–H and O–H groups in total. The monoisotopic (exact) mass is 295 g/mol. The van der Waals surface area contributed by atoms with Crippen LogP contribution in [0.25, 0.3) is 22.1 Å². The van der Waals surface area contributed by atoms with E-state index in [4.69, 9.17) is 4.42 Å². The maximum absolute atomic E-state index is 12.1.